The number of hydrogen-bond donors (Lipinski definition) is 3. The molecule has 0 bridgehead atoms. The highest BCUT2D eigenvalue weighted by molar-refractivity contribution is 5.94. The summed E-state index contributed by atoms with van der Waals surface area (Å²) < 4.78 is 0. The first kappa shape index (κ1) is 16.5. The number of aromatic nitrogens is 1. The molecular weight excluding hydrogens is 290 g/mol. The Morgan fingerprint density at radius 3 is 2.87 bits per heavy atom. The van der Waals surface area contributed by atoms with Crippen molar-refractivity contribution < 1.29 is 9.90 Å². The molecule has 1 aromatic heterocycles. The molecule has 0 radical (unpaired) electrons. The minimum absolute atomic E-state index is 0.182. The third-order valence-corrected chi connectivity index (χ3v) is 3.28. The molecule has 0 aliphatic carbocycles. The van der Waals surface area contributed by atoms with Crippen LogP contribution in [0.3, 0.4) is 0 Å². The van der Waals surface area contributed by atoms with Crippen molar-refractivity contribution in [2.24, 2.45) is 0 Å². The fourth-order valence-electron chi connectivity index (χ4n) is 2.06. The van der Waals surface area contributed by atoms with E-state index in [1.54, 1.807) is 12.1 Å². The second-order valence-corrected chi connectivity index (χ2v) is 5.13. The van der Waals surface area contributed by atoms with E-state index in [4.69, 9.17) is 6.42 Å². The van der Waals surface area contributed by atoms with Crippen molar-refractivity contribution in [3.8, 4) is 12.3 Å². The maximum absolute atomic E-state index is 11.7. The van der Waals surface area contributed by atoms with Crippen LogP contribution in [0.5, 0.6) is 0 Å². The largest absolute Gasteiger partial charge is 0.387 e. The Morgan fingerprint density at radius 2 is 2.22 bits per heavy atom. The summed E-state index contributed by atoms with van der Waals surface area (Å²) >= 11 is 0. The second-order valence-electron chi connectivity index (χ2n) is 5.13. The molecule has 1 aromatic carbocycles. The van der Waals surface area contributed by atoms with Gasteiger partial charge in [0.15, 0.2) is 0 Å². The number of hydrogen-bond acceptors (Lipinski definition) is 4. The van der Waals surface area contributed by atoms with E-state index >= 15 is 0 Å². The van der Waals surface area contributed by atoms with Crippen molar-refractivity contribution in [3.05, 3.63) is 59.3 Å². The number of rotatable bonds is 6. The van der Waals surface area contributed by atoms with Crippen LogP contribution in [0.4, 0.5) is 5.82 Å². The number of carbonyl (C=O) groups excluding carboxylic acids is 1. The topological polar surface area (TPSA) is 74.2 Å². The van der Waals surface area contributed by atoms with Crippen molar-refractivity contribution in [3.63, 3.8) is 0 Å². The van der Waals surface area contributed by atoms with Gasteiger partial charge in [0.25, 0.3) is 5.91 Å². The lowest BCUT2D eigenvalue weighted by atomic mass is 10.1. The number of terminal acetylenes is 1. The molecule has 2 aromatic rings. The van der Waals surface area contributed by atoms with E-state index in [9.17, 15) is 9.90 Å². The summed E-state index contributed by atoms with van der Waals surface area (Å²) in [5.74, 6) is 2.67. The van der Waals surface area contributed by atoms with E-state index in [0.29, 0.717) is 17.9 Å². The predicted octanol–water partition coefficient (Wildman–Crippen LogP) is 1.90. The maximum Gasteiger partial charge on any atom is 0.253 e. The van der Waals surface area contributed by atoms with Gasteiger partial charge >= 0.3 is 0 Å². The zero-order chi connectivity index (χ0) is 16.7. The van der Waals surface area contributed by atoms with Crippen molar-refractivity contribution in [2.45, 2.75) is 13.0 Å². The molecule has 1 unspecified atom stereocenters. The second kappa shape index (κ2) is 7.97. The van der Waals surface area contributed by atoms with Gasteiger partial charge in [0.2, 0.25) is 0 Å². The number of nitrogens with zero attached hydrogens (tertiary/aromatic N) is 1. The number of aliphatic hydroxyl groups is 1. The van der Waals surface area contributed by atoms with E-state index in [-0.39, 0.29) is 12.5 Å². The maximum atomic E-state index is 11.7. The quantitative estimate of drug-likeness (QED) is 0.713. The standard InChI is InChI=1S/C18H19N3O2/c1-3-9-19-18(23)15-7-8-17(20-11-15)21-12-16(22)14-6-4-5-13(2)10-14/h1,4-8,10-11,16,22H,9,12H2,2H3,(H,19,23)(H,20,21). The van der Waals surface area contributed by atoms with Crippen LogP contribution >= 0.6 is 0 Å². The zero-order valence-corrected chi connectivity index (χ0v) is 12.9. The van der Waals surface area contributed by atoms with Crippen LogP contribution in [-0.4, -0.2) is 29.1 Å². The minimum Gasteiger partial charge on any atom is -0.387 e. The fraction of sp³-hybridized carbons (Fsp3) is 0.222. The lowest BCUT2D eigenvalue weighted by Crippen LogP contribution is -2.23. The smallest absolute Gasteiger partial charge is 0.253 e. The van der Waals surface area contributed by atoms with E-state index < -0.39 is 6.10 Å². The van der Waals surface area contributed by atoms with Crippen LogP contribution in [0.25, 0.3) is 0 Å². The Kier molecular flexibility index (Phi) is 5.73. The van der Waals surface area contributed by atoms with Gasteiger partial charge < -0.3 is 15.7 Å². The molecule has 5 nitrogen and oxygen atoms in total. The molecule has 3 N–H and O–H groups in total. The fourth-order valence-corrected chi connectivity index (χ4v) is 2.06. The number of nitrogens with one attached hydrogen (secondary N) is 2. The lowest BCUT2D eigenvalue weighted by molar-refractivity contribution is 0.0958. The van der Waals surface area contributed by atoms with Gasteiger partial charge in [-0.2, -0.15) is 0 Å². The minimum atomic E-state index is -0.629. The molecule has 2 rings (SSSR count). The molecule has 0 saturated heterocycles. The van der Waals surface area contributed by atoms with Gasteiger partial charge in [-0.05, 0) is 24.6 Å². The van der Waals surface area contributed by atoms with E-state index in [0.717, 1.165) is 11.1 Å². The van der Waals surface area contributed by atoms with Crippen molar-refractivity contribution in [2.75, 3.05) is 18.4 Å². The number of carbonyl (C=O) groups is 1. The molecule has 118 valence electrons. The average Bonchev–Trinajstić information content (AvgIpc) is 2.58. The first-order chi connectivity index (χ1) is 11.1. The molecular formula is C18H19N3O2. The van der Waals surface area contributed by atoms with Gasteiger partial charge in [-0.25, -0.2) is 4.98 Å². The highest BCUT2D eigenvalue weighted by Crippen LogP contribution is 2.15. The summed E-state index contributed by atoms with van der Waals surface area (Å²) in [5.41, 5.74) is 2.38. The molecule has 0 fully saturated rings. The normalized spacial score (nSPS) is 11.3. The van der Waals surface area contributed by atoms with Gasteiger partial charge in [-0.3, -0.25) is 4.79 Å². The SMILES string of the molecule is C#CCNC(=O)c1ccc(NCC(O)c2cccc(C)c2)nc1. The van der Waals surface area contributed by atoms with Gasteiger partial charge in [0.1, 0.15) is 5.82 Å². The van der Waals surface area contributed by atoms with Crippen LogP contribution in [-0.2, 0) is 0 Å². The monoisotopic (exact) mass is 309 g/mol. The molecule has 23 heavy (non-hydrogen) atoms. The Balaban J connectivity index is 1.91. The molecule has 0 aliphatic rings. The molecule has 0 spiro atoms. The number of pyridine rings is 1. The number of anilines is 1. The highest BCUT2D eigenvalue weighted by Gasteiger charge is 2.08. The van der Waals surface area contributed by atoms with Crippen LogP contribution in [0.1, 0.15) is 27.6 Å². The van der Waals surface area contributed by atoms with Crippen molar-refractivity contribution >= 4 is 11.7 Å². The van der Waals surface area contributed by atoms with Crippen molar-refractivity contribution in [1.82, 2.24) is 10.3 Å². The molecule has 1 atom stereocenters. The Morgan fingerprint density at radius 1 is 1.39 bits per heavy atom. The third-order valence-electron chi connectivity index (χ3n) is 3.28. The zero-order valence-electron chi connectivity index (χ0n) is 12.9. The number of aliphatic hydroxyl groups excluding tert-OH is 1. The lowest BCUT2D eigenvalue weighted by Gasteiger charge is -2.13. The first-order valence-corrected chi connectivity index (χ1v) is 7.26. The first-order valence-electron chi connectivity index (χ1n) is 7.26. The summed E-state index contributed by atoms with van der Waals surface area (Å²) in [5, 5.41) is 15.8. The number of benzene rings is 1. The van der Waals surface area contributed by atoms with Crippen LogP contribution in [0, 0.1) is 19.3 Å². The van der Waals surface area contributed by atoms with Gasteiger partial charge in [0, 0.05) is 12.7 Å². The van der Waals surface area contributed by atoms with E-state index in [2.05, 4.69) is 21.5 Å². The summed E-state index contributed by atoms with van der Waals surface area (Å²) in [7, 11) is 0. The van der Waals surface area contributed by atoms with Crippen molar-refractivity contribution in [1.29, 1.82) is 0 Å². The molecule has 0 aliphatic heterocycles. The van der Waals surface area contributed by atoms with Gasteiger partial charge in [0.05, 0.1) is 18.2 Å². The third kappa shape index (κ3) is 4.83. The summed E-state index contributed by atoms with van der Waals surface area (Å²) in [4.78, 5) is 15.8. The number of amides is 1. The van der Waals surface area contributed by atoms with Crippen LogP contribution in [0.2, 0.25) is 0 Å². The summed E-state index contributed by atoms with van der Waals surface area (Å²) in [6, 6.07) is 11.1. The van der Waals surface area contributed by atoms with Gasteiger partial charge in [-0.15, -0.1) is 6.42 Å². The highest BCUT2D eigenvalue weighted by atomic mass is 16.3. The predicted molar refractivity (Wildman–Crippen MR) is 90.0 cm³/mol. The van der Waals surface area contributed by atoms with E-state index in [1.807, 2.05) is 31.2 Å². The van der Waals surface area contributed by atoms with Gasteiger partial charge in [-0.1, -0.05) is 35.7 Å². The molecule has 5 heteroatoms. The molecule has 1 amide bonds. The Labute approximate surface area is 135 Å². The molecule has 1 heterocycles. The average molecular weight is 309 g/mol. The van der Waals surface area contributed by atoms with E-state index in [1.165, 1.54) is 6.20 Å². The number of aryl methyl sites for hydroxylation is 1. The molecule has 0 saturated carbocycles. The summed E-state index contributed by atoms with van der Waals surface area (Å²) in [6.45, 7) is 2.50. The Hall–Kier alpha value is -2.84. The Bertz CT molecular complexity index is 705. The summed E-state index contributed by atoms with van der Waals surface area (Å²) in [6.07, 6.45) is 5.93. The van der Waals surface area contributed by atoms with Crippen LogP contribution in [0.15, 0.2) is 42.6 Å². The van der Waals surface area contributed by atoms with Crippen LogP contribution < -0.4 is 10.6 Å².